The first-order chi connectivity index (χ1) is 18.4. The van der Waals surface area contributed by atoms with Gasteiger partial charge in [0.2, 0.25) is 0 Å². The van der Waals surface area contributed by atoms with E-state index in [0.717, 1.165) is 18.4 Å². The van der Waals surface area contributed by atoms with Gasteiger partial charge in [0, 0.05) is 31.0 Å². The van der Waals surface area contributed by atoms with Gasteiger partial charge < -0.3 is 19.6 Å². The second kappa shape index (κ2) is 8.61. The van der Waals surface area contributed by atoms with Crippen LogP contribution >= 0.6 is 0 Å². The number of morpholine rings is 1. The Morgan fingerprint density at radius 1 is 1.11 bits per heavy atom. The number of carbonyl (C=O) groups excluding carboxylic acids is 1. The number of amides is 2. The molecule has 2 bridgehead atoms. The van der Waals surface area contributed by atoms with E-state index >= 15 is 0 Å². The minimum absolute atomic E-state index is 0.00156. The van der Waals surface area contributed by atoms with Gasteiger partial charge in [0.25, 0.3) is 5.56 Å². The number of aliphatic hydroxyl groups is 1. The van der Waals surface area contributed by atoms with Crippen molar-refractivity contribution in [2.75, 3.05) is 32.8 Å². The SMILES string of the molecule is O=C(N1CCC2(O)Cn3c(nc4ccc(F)cc4c3=O)C3CCC2(C3)C1)N1CCOC[C@H]1c1ccccc1. The average molecular weight is 519 g/mol. The molecule has 38 heavy (non-hydrogen) atoms. The van der Waals surface area contributed by atoms with Crippen molar-refractivity contribution in [2.45, 2.75) is 49.8 Å². The number of carbonyl (C=O) groups is 1. The van der Waals surface area contributed by atoms with Gasteiger partial charge in [-0.05, 0) is 49.4 Å². The minimum Gasteiger partial charge on any atom is -0.387 e. The van der Waals surface area contributed by atoms with Crippen LogP contribution in [0.3, 0.4) is 0 Å². The van der Waals surface area contributed by atoms with E-state index in [9.17, 15) is 19.1 Å². The number of aromatic nitrogens is 2. The fraction of sp³-hybridized carbons (Fsp3) is 0.483. The fourth-order valence-electron chi connectivity index (χ4n) is 7.40. The predicted octanol–water partition coefficient (Wildman–Crippen LogP) is 3.43. The second-order valence-electron chi connectivity index (χ2n) is 11.4. The van der Waals surface area contributed by atoms with Crippen LogP contribution in [0.2, 0.25) is 0 Å². The molecule has 2 aromatic carbocycles. The molecule has 1 N–H and O–H groups in total. The van der Waals surface area contributed by atoms with Gasteiger partial charge >= 0.3 is 6.03 Å². The largest absolute Gasteiger partial charge is 0.387 e. The first kappa shape index (κ1) is 23.8. The van der Waals surface area contributed by atoms with Crippen molar-refractivity contribution in [3.63, 3.8) is 0 Å². The maximum Gasteiger partial charge on any atom is 0.320 e. The molecule has 2 saturated heterocycles. The van der Waals surface area contributed by atoms with E-state index in [1.54, 1.807) is 10.6 Å². The van der Waals surface area contributed by atoms with Crippen LogP contribution in [0, 0.1) is 11.2 Å². The molecule has 1 aliphatic carbocycles. The number of urea groups is 1. The third kappa shape index (κ3) is 3.51. The van der Waals surface area contributed by atoms with Gasteiger partial charge in [-0.2, -0.15) is 0 Å². The number of nitrogens with zero attached hydrogens (tertiary/aromatic N) is 4. The molecule has 3 unspecified atom stereocenters. The molecule has 2 amide bonds. The molecule has 1 aromatic heterocycles. The normalized spacial score (nSPS) is 30.6. The van der Waals surface area contributed by atoms with E-state index in [1.807, 2.05) is 40.1 Å². The van der Waals surface area contributed by atoms with Crippen LogP contribution in [0.5, 0.6) is 0 Å². The minimum atomic E-state index is -1.15. The third-order valence-corrected chi connectivity index (χ3v) is 9.44. The third-order valence-electron chi connectivity index (χ3n) is 9.44. The van der Waals surface area contributed by atoms with Gasteiger partial charge in [-0.1, -0.05) is 30.3 Å². The number of rotatable bonds is 1. The zero-order valence-corrected chi connectivity index (χ0v) is 21.2. The second-order valence-corrected chi connectivity index (χ2v) is 11.4. The van der Waals surface area contributed by atoms with Crippen LogP contribution in [-0.2, 0) is 11.3 Å². The van der Waals surface area contributed by atoms with Crippen LogP contribution < -0.4 is 5.56 Å². The lowest BCUT2D eigenvalue weighted by molar-refractivity contribution is -0.135. The number of ether oxygens (including phenoxy) is 1. The number of hydrogen-bond donors (Lipinski definition) is 1. The van der Waals surface area contributed by atoms with Gasteiger partial charge in [0.05, 0.1) is 42.3 Å². The Balaban J connectivity index is 1.21. The number of piperidine rings is 1. The average Bonchev–Trinajstić information content (AvgIpc) is 3.33. The van der Waals surface area contributed by atoms with E-state index in [0.29, 0.717) is 57.0 Å². The summed E-state index contributed by atoms with van der Waals surface area (Å²) in [5.41, 5.74) is -0.459. The Morgan fingerprint density at radius 3 is 2.79 bits per heavy atom. The molecule has 3 aliphatic heterocycles. The summed E-state index contributed by atoms with van der Waals surface area (Å²) in [5, 5.41) is 12.4. The van der Waals surface area contributed by atoms with Gasteiger partial charge in [-0.3, -0.25) is 9.36 Å². The van der Waals surface area contributed by atoms with E-state index in [1.165, 1.54) is 12.1 Å². The van der Waals surface area contributed by atoms with Crippen molar-refractivity contribution in [1.29, 1.82) is 0 Å². The van der Waals surface area contributed by atoms with E-state index < -0.39 is 16.8 Å². The zero-order chi connectivity index (χ0) is 26.1. The molecular formula is C29H31FN4O4. The Kier molecular flexibility index (Phi) is 5.39. The van der Waals surface area contributed by atoms with Crippen LogP contribution in [0.4, 0.5) is 9.18 Å². The summed E-state index contributed by atoms with van der Waals surface area (Å²) in [7, 11) is 0. The molecule has 0 radical (unpaired) electrons. The van der Waals surface area contributed by atoms with Crippen LogP contribution in [0.25, 0.3) is 10.9 Å². The molecule has 4 aliphatic rings. The Labute approximate surface area is 219 Å². The summed E-state index contributed by atoms with van der Waals surface area (Å²) in [4.78, 5) is 36.0. The maximum atomic E-state index is 14.0. The Hall–Kier alpha value is -3.30. The van der Waals surface area contributed by atoms with Crippen molar-refractivity contribution in [3.05, 3.63) is 76.1 Å². The van der Waals surface area contributed by atoms with Gasteiger partial charge in [0.15, 0.2) is 0 Å². The highest BCUT2D eigenvalue weighted by atomic mass is 19.1. The molecule has 198 valence electrons. The lowest BCUT2D eigenvalue weighted by atomic mass is 9.66. The molecule has 4 atom stereocenters. The van der Waals surface area contributed by atoms with Gasteiger partial charge in [-0.15, -0.1) is 0 Å². The predicted molar refractivity (Wildman–Crippen MR) is 138 cm³/mol. The highest BCUT2D eigenvalue weighted by Crippen LogP contribution is 2.57. The van der Waals surface area contributed by atoms with E-state index in [-0.39, 0.29) is 35.5 Å². The van der Waals surface area contributed by atoms with Crippen molar-refractivity contribution in [1.82, 2.24) is 19.4 Å². The van der Waals surface area contributed by atoms with Crippen molar-refractivity contribution in [2.24, 2.45) is 5.41 Å². The monoisotopic (exact) mass is 518 g/mol. The Morgan fingerprint density at radius 2 is 1.95 bits per heavy atom. The van der Waals surface area contributed by atoms with Crippen molar-refractivity contribution >= 4 is 16.9 Å². The number of fused-ring (bicyclic) bond motifs is 4. The molecule has 8 nitrogen and oxygen atoms in total. The molecule has 1 spiro atoms. The fourth-order valence-corrected chi connectivity index (χ4v) is 7.40. The summed E-state index contributed by atoms with van der Waals surface area (Å²) in [6.45, 7) is 2.43. The van der Waals surface area contributed by atoms with E-state index in [2.05, 4.69) is 0 Å². The number of benzene rings is 2. The standard InChI is InChI=1S/C29H31FN4O4/c30-21-6-7-23-22(14-21)26(35)34-18-29(37)10-11-32(17-28(29)9-8-20(15-28)25(34)31-23)27(36)33-12-13-38-16-24(33)19-4-2-1-3-5-19/h1-7,14,20,24,37H,8-13,15-18H2/t20?,24-,28?,29?/m0/s1. The lowest BCUT2D eigenvalue weighted by Crippen LogP contribution is -2.63. The zero-order valence-electron chi connectivity index (χ0n) is 21.2. The van der Waals surface area contributed by atoms with Gasteiger partial charge in [-0.25, -0.2) is 14.2 Å². The van der Waals surface area contributed by atoms with Crippen molar-refractivity contribution in [3.8, 4) is 0 Å². The van der Waals surface area contributed by atoms with Crippen LogP contribution in [-0.4, -0.2) is 68.9 Å². The first-order valence-electron chi connectivity index (χ1n) is 13.5. The van der Waals surface area contributed by atoms with Crippen LogP contribution in [0.1, 0.15) is 49.0 Å². The lowest BCUT2D eigenvalue weighted by Gasteiger charge is -2.53. The van der Waals surface area contributed by atoms with Gasteiger partial charge in [0.1, 0.15) is 11.6 Å². The molecule has 7 rings (SSSR count). The Bertz CT molecular complexity index is 1480. The quantitative estimate of drug-likeness (QED) is 0.533. The summed E-state index contributed by atoms with van der Waals surface area (Å²) in [5.74, 6) is 0.191. The number of hydrogen-bond acceptors (Lipinski definition) is 5. The first-order valence-corrected chi connectivity index (χ1v) is 13.5. The molecule has 4 heterocycles. The molecular weight excluding hydrogens is 487 g/mol. The molecule has 1 saturated carbocycles. The summed E-state index contributed by atoms with van der Waals surface area (Å²) >= 11 is 0. The summed E-state index contributed by atoms with van der Waals surface area (Å²) < 4.78 is 21.3. The summed E-state index contributed by atoms with van der Waals surface area (Å²) in [6, 6.07) is 13.9. The highest BCUT2D eigenvalue weighted by molar-refractivity contribution is 5.78. The highest BCUT2D eigenvalue weighted by Gasteiger charge is 2.60. The number of halogens is 1. The molecule has 3 fully saturated rings. The van der Waals surface area contributed by atoms with Crippen LogP contribution in [0.15, 0.2) is 53.3 Å². The topological polar surface area (TPSA) is 87.9 Å². The number of likely N-dealkylation sites (tertiary alicyclic amines) is 1. The van der Waals surface area contributed by atoms with E-state index in [4.69, 9.17) is 9.72 Å². The maximum absolute atomic E-state index is 14.0. The summed E-state index contributed by atoms with van der Waals surface area (Å²) in [6.07, 6.45) is 2.59. The molecule has 9 heteroatoms. The molecule has 3 aromatic rings. The van der Waals surface area contributed by atoms with Crippen molar-refractivity contribution < 1.29 is 19.0 Å². The smallest absolute Gasteiger partial charge is 0.320 e.